The van der Waals surface area contributed by atoms with Crippen LogP contribution in [0.3, 0.4) is 0 Å². The maximum atomic E-state index is 5.69. The number of nitrogens with zero attached hydrogens (tertiary/aromatic N) is 5. The number of anilines is 1. The van der Waals surface area contributed by atoms with Gasteiger partial charge in [-0.25, -0.2) is 0 Å². The zero-order chi connectivity index (χ0) is 14.7. The highest BCUT2D eigenvalue weighted by Gasteiger charge is 2.23. The summed E-state index contributed by atoms with van der Waals surface area (Å²) < 4.78 is 7.50. The summed E-state index contributed by atoms with van der Waals surface area (Å²) in [6, 6.07) is 8.23. The molecular formula is C15H21N5O. The van der Waals surface area contributed by atoms with Crippen LogP contribution in [0, 0.1) is 6.92 Å². The lowest BCUT2D eigenvalue weighted by atomic mass is 10.1. The van der Waals surface area contributed by atoms with Gasteiger partial charge in [-0.1, -0.05) is 22.8 Å². The highest BCUT2D eigenvalue weighted by atomic mass is 16.5. The van der Waals surface area contributed by atoms with E-state index in [1.165, 1.54) is 5.56 Å². The summed E-state index contributed by atoms with van der Waals surface area (Å²) in [5.41, 5.74) is 2.22. The predicted octanol–water partition coefficient (Wildman–Crippen LogP) is 1.98. The first-order valence-corrected chi connectivity index (χ1v) is 7.50. The van der Waals surface area contributed by atoms with Gasteiger partial charge < -0.3 is 9.64 Å². The number of rotatable bonds is 4. The number of ether oxygens (including phenoxy) is 1. The van der Waals surface area contributed by atoms with Crippen LogP contribution in [-0.4, -0.2) is 46.0 Å². The maximum Gasteiger partial charge on any atom is 0.250 e. The van der Waals surface area contributed by atoms with Crippen molar-refractivity contribution in [3.63, 3.8) is 0 Å². The van der Waals surface area contributed by atoms with Crippen molar-refractivity contribution in [3.8, 4) is 5.69 Å². The van der Waals surface area contributed by atoms with Crippen LogP contribution in [0.15, 0.2) is 24.3 Å². The first-order valence-electron chi connectivity index (χ1n) is 7.50. The Labute approximate surface area is 124 Å². The smallest absolute Gasteiger partial charge is 0.250 e. The second-order valence-electron chi connectivity index (χ2n) is 5.37. The van der Waals surface area contributed by atoms with Crippen molar-refractivity contribution in [1.29, 1.82) is 0 Å². The Bertz CT molecular complexity index is 572. The zero-order valence-electron chi connectivity index (χ0n) is 12.6. The average molecular weight is 287 g/mol. The Balaban J connectivity index is 1.76. The number of piperidine rings is 1. The Kier molecular flexibility index (Phi) is 4.15. The summed E-state index contributed by atoms with van der Waals surface area (Å²) in [4.78, 5) is 2.23. The third-order valence-corrected chi connectivity index (χ3v) is 3.86. The topological polar surface area (TPSA) is 56.1 Å². The molecule has 3 rings (SSSR count). The number of tetrazole rings is 1. The molecule has 1 saturated heterocycles. The van der Waals surface area contributed by atoms with Crippen molar-refractivity contribution in [1.82, 2.24) is 20.2 Å². The summed E-state index contributed by atoms with van der Waals surface area (Å²) in [6.45, 7) is 6.76. The van der Waals surface area contributed by atoms with Crippen LogP contribution in [0.1, 0.15) is 25.3 Å². The molecule has 1 aliphatic heterocycles. The van der Waals surface area contributed by atoms with E-state index in [1.807, 2.05) is 19.1 Å². The minimum absolute atomic E-state index is 0.370. The van der Waals surface area contributed by atoms with Gasteiger partial charge in [0, 0.05) is 19.7 Å². The van der Waals surface area contributed by atoms with Gasteiger partial charge in [-0.3, -0.25) is 0 Å². The highest BCUT2D eigenvalue weighted by molar-refractivity contribution is 5.41. The van der Waals surface area contributed by atoms with Crippen LogP contribution < -0.4 is 4.90 Å². The van der Waals surface area contributed by atoms with E-state index in [-0.39, 0.29) is 0 Å². The summed E-state index contributed by atoms with van der Waals surface area (Å²) in [5.74, 6) is 0.814. The number of aromatic nitrogens is 4. The van der Waals surface area contributed by atoms with Gasteiger partial charge in [0.15, 0.2) is 0 Å². The largest absolute Gasteiger partial charge is 0.378 e. The fourth-order valence-electron chi connectivity index (χ4n) is 2.69. The van der Waals surface area contributed by atoms with E-state index in [0.717, 1.165) is 44.2 Å². The van der Waals surface area contributed by atoms with Crippen LogP contribution in [-0.2, 0) is 4.74 Å². The van der Waals surface area contributed by atoms with Crippen LogP contribution in [0.2, 0.25) is 0 Å². The van der Waals surface area contributed by atoms with Crippen LogP contribution >= 0.6 is 0 Å². The van der Waals surface area contributed by atoms with E-state index in [1.54, 1.807) is 4.68 Å². The van der Waals surface area contributed by atoms with Crippen molar-refractivity contribution in [3.05, 3.63) is 29.8 Å². The SMILES string of the molecule is CCOC1CCN(c2nnnn2-c2ccc(C)cc2)CC1. The lowest BCUT2D eigenvalue weighted by Gasteiger charge is -2.31. The first kappa shape index (κ1) is 14.0. The predicted molar refractivity (Wildman–Crippen MR) is 80.8 cm³/mol. The Morgan fingerprint density at radius 1 is 1.19 bits per heavy atom. The second-order valence-corrected chi connectivity index (χ2v) is 5.37. The maximum absolute atomic E-state index is 5.69. The van der Waals surface area contributed by atoms with Crippen molar-refractivity contribution < 1.29 is 4.74 Å². The molecule has 0 unspecified atom stereocenters. The minimum atomic E-state index is 0.370. The molecule has 21 heavy (non-hydrogen) atoms. The van der Waals surface area contributed by atoms with E-state index in [2.05, 4.69) is 39.5 Å². The third kappa shape index (κ3) is 3.05. The van der Waals surface area contributed by atoms with Gasteiger partial charge in [0.05, 0.1) is 11.8 Å². The number of hydrogen-bond donors (Lipinski definition) is 0. The van der Waals surface area contributed by atoms with Crippen LogP contribution in [0.4, 0.5) is 5.95 Å². The normalized spacial score (nSPS) is 16.4. The number of benzene rings is 1. The minimum Gasteiger partial charge on any atom is -0.378 e. The Hall–Kier alpha value is -1.95. The van der Waals surface area contributed by atoms with E-state index >= 15 is 0 Å². The van der Waals surface area contributed by atoms with Gasteiger partial charge >= 0.3 is 0 Å². The molecule has 1 fully saturated rings. The molecule has 6 nitrogen and oxygen atoms in total. The number of aryl methyl sites for hydroxylation is 1. The van der Waals surface area contributed by atoms with Crippen molar-refractivity contribution >= 4 is 5.95 Å². The lowest BCUT2D eigenvalue weighted by molar-refractivity contribution is 0.0457. The molecule has 1 aliphatic rings. The van der Waals surface area contributed by atoms with Gasteiger partial charge in [-0.15, -0.1) is 0 Å². The van der Waals surface area contributed by atoms with Crippen LogP contribution in [0.25, 0.3) is 5.69 Å². The molecule has 6 heteroatoms. The Morgan fingerprint density at radius 2 is 1.90 bits per heavy atom. The molecule has 2 aromatic rings. The molecule has 1 aromatic heterocycles. The Morgan fingerprint density at radius 3 is 2.57 bits per heavy atom. The van der Waals surface area contributed by atoms with Crippen molar-refractivity contribution in [2.24, 2.45) is 0 Å². The number of hydrogen-bond acceptors (Lipinski definition) is 5. The molecule has 0 bridgehead atoms. The van der Waals surface area contributed by atoms with Gasteiger partial charge in [-0.2, -0.15) is 4.68 Å². The molecule has 0 aliphatic carbocycles. The van der Waals surface area contributed by atoms with Gasteiger partial charge in [0.1, 0.15) is 0 Å². The quantitative estimate of drug-likeness (QED) is 0.860. The van der Waals surface area contributed by atoms with Gasteiger partial charge in [-0.05, 0) is 49.2 Å². The molecule has 0 N–H and O–H groups in total. The third-order valence-electron chi connectivity index (χ3n) is 3.86. The summed E-state index contributed by atoms with van der Waals surface area (Å²) in [6.07, 6.45) is 2.42. The monoisotopic (exact) mass is 287 g/mol. The zero-order valence-corrected chi connectivity index (χ0v) is 12.6. The van der Waals surface area contributed by atoms with E-state index in [4.69, 9.17) is 4.74 Å². The molecule has 0 atom stereocenters. The van der Waals surface area contributed by atoms with Gasteiger partial charge in [0.25, 0.3) is 0 Å². The molecule has 1 aromatic carbocycles. The second kappa shape index (κ2) is 6.22. The van der Waals surface area contributed by atoms with E-state index in [0.29, 0.717) is 6.10 Å². The van der Waals surface area contributed by atoms with Gasteiger partial charge in [0.2, 0.25) is 5.95 Å². The van der Waals surface area contributed by atoms with Crippen LogP contribution in [0.5, 0.6) is 0 Å². The molecule has 0 saturated carbocycles. The summed E-state index contributed by atoms with van der Waals surface area (Å²) in [5, 5.41) is 12.2. The molecule has 112 valence electrons. The van der Waals surface area contributed by atoms with E-state index in [9.17, 15) is 0 Å². The summed E-state index contributed by atoms with van der Waals surface area (Å²) in [7, 11) is 0. The van der Waals surface area contributed by atoms with E-state index < -0.39 is 0 Å². The fraction of sp³-hybridized carbons (Fsp3) is 0.533. The lowest BCUT2D eigenvalue weighted by Crippen LogP contribution is -2.38. The highest BCUT2D eigenvalue weighted by Crippen LogP contribution is 2.21. The standard InChI is InChI=1S/C15H21N5O/c1-3-21-14-8-10-19(11-9-14)15-16-17-18-20(15)13-6-4-12(2)5-7-13/h4-7,14H,3,8-11H2,1-2H3. The fourth-order valence-corrected chi connectivity index (χ4v) is 2.69. The molecule has 0 amide bonds. The van der Waals surface area contributed by atoms with Crippen molar-refractivity contribution in [2.75, 3.05) is 24.6 Å². The average Bonchev–Trinajstić information content (AvgIpc) is 2.99. The molecular weight excluding hydrogens is 266 g/mol. The molecule has 0 radical (unpaired) electrons. The molecule has 2 heterocycles. The first-order chi connectivity index (χ1) is 10.3. The van der Waals surface area contributed by atoms with Crippen molar-refractivity contribution in [2.45, 2.75) is 32.8 Å². The molecule has 0 spiro atoms. The summed E-state index contributed by atoms with van der Waals surface area (Å²) >= 11 is 0.